The summed E-state index contributed by atoms with van der Waals surface area (Å²) in [5, 5.41) is 13.9. The van der Waals surface area contributed by atoms with Crippen LogP contribution in [0.4, 0.5) is 26.3 Å². The molecule has 1 aromatic carbocycles. The predicted molar refractivity (Wildman–Crippen MR) is 113 cm³/mol. The van der Waals surface area contributed by atoms with E-state index in [2.05, 4.69) is 20.3 Å². The second-order valence-electron chi connectivity index (χ2n) is 7.52. The van der Waals surface area contributed by atoms with Gasteiger partial charge in [0.05, 0.1) is 23.4 Å². The molecule has 4 rings (SSSR count). The highest BCUT2D eigenvalue weighted by molar-refractivity contribution is 7.14. The quantitative estimate of drug-likeness (QED) is 0.297. The number of halogens is 6. The first-order valence-corrected chi connectivity index (χ1v) is 10.9. The molecule has 0 aliphatic rings. The van der Waals surface area contributed by atoms with Crippen molar-refractivity contribution in [1.29, 1.82) is 0 Å². The normalized spacial score (nSPS) is 13.3. The molecule has 0 aliphatic heterocycles. The van der Waals surface area contributed by atoms with E-state index >= 15 is 0 Å². The molecule has 4 aromatic rings. The van der Waals surface area contributed by atoms with Gasteiger partial charge in [-0.05, 0) is 48.7 Å². The minimum atomic E-state index is -4.94. The van der Waals surface area contributed by atoms with E-state index < -0.39 is 29.5 Å². The molecule has 0 radical (unpaired) electrons. The lowest BCUT2D eigenvalue weighted by molar-refractivity contribution is -0.143. The van der Waals surface area contributed by atoms with Gasteiger partial charge in [-0.3, -0.25) is 9.67 Å². The third kappa shape index (κ3) is 5.27. The van der Waals surface area contributed by atoms with Gasteiger partial charge in [0.15, 0.2) is 5.01 Å². The monoisotopic (exact) mass is 497 g/mol. The number of aryl methyl sites for hydroxylation is 2. The van der Waals surface area contributed by atoms with Crippen molar-refractivity contribution in [1.82, 2.24) is 25.0 Å². The average molecular weight is 497 g/mol. The highest BCUT2D eigenvalue weighted by atomic mass is 32.1. The number of benzene rings is 1. The number of hydrogen-bond acceptors (Lipinski definition) is 5. The van der Waals surface area contributed by atoms with Crippen LogP contribution in [0.5, 0.6) is 0 Å². The summed E-state index contributed by atoms with van der Waals surface area (Å²) in [6.07, 6.45) is -3.99. The fourth-order valence-corrected chi connectivity index (χ4v) is 4.22. The molecule has 0 spiro atoms. The minimum absolute atomic E-state index is 0.144. The Hall–Kier alpha value is -3.28. The largest absolute Gasteiger partial charge is 0.416 e. The van der Waals surface area contributed by atoms with Crippen molar-refractivity contribution in [2.24, 2.45) is 0 Å². The standard InChI is InChI=1S/C22H17F6N5S/c1-13(16-7-6-15(21(23,24)25)10-17(16)22(26,27)28)33-12-14(11-30-33)5-8-19-31-32-20(34-19)18-4-2-3-9-29-18/h2-4,6-7,9-13H,5,8H2,1H3. The second kappa shape index (κ2) is 9.16. The van der Waals surface area contributed by atoms with E-state index in [0.717, 1.165) is 16.6 Å². The van der Waals surface area contributed by atoms with E-state index in [1.54, 1.807) is 18.5 Å². The number of hydrogen-bond donors (Lipinski definition) is 0. The summed E-state index contributed by atoms with van der Waals surface area (Å²) in [6, 6.07) is 6.20. The lowest BCUT2D eigenvalue weighted by Crippen LogP contribution is -2.17. The summed E-state index contributed by atoms with van der Waals surface area (Å²) in [4.78, 5) is 4.23. The molecule has 34 heavy (non-hydrogen) atoms. The van der Waals surface area contributed by atoms with Gasteiger partial charge in [0.2, 0.25) is 0 Å². The smallest absolute Gasteiger partial charge is 0.265 e. The molecule has 5 nitrogen and oxygen atoms in total. The first-order valence-electron chi connectivity index (χ1n) is 10.1. The Morgan fingerprint density at radius 3 is 2.44 bits per heavy atom. The van der Waals surface area contributed by atoms with Crippen molar-refractivity contribution < 1.29 is 26.3 Å². The number of nitrogens with zero attached hydrogens (tertiary/aromatic N) is 5. The molecule has 1 unspecified atom stereocenters. The molecule has 0 aliphatic carbocycles. The number of pyridine rings is 1. The first kappa shape index (κ1) is 23.9. The lowest BCUT2D eigenvalue weighted by atomic mass is 9.98. The SMILES string of the molecule is CC(c1ccc(C(F)(F)F)cc1C(F)(F)F)n1cc(CCc2nnc(-c3ccccn3)s2)cn1. The van der Waals surface area contributed by atoms with Gasteiger partial charge < -0.3 is 0 Å². The highest BCUT2D eigenvalue weighted by Gasteiger charge is 2.39. The van der Waals surface area contributed by atoms with Crippen molar-refractivity contribution in [3.8, 4) is 10.7 Å². The van der Waals surface area contributed by atoms with Crippen LogP contribution >= 0.6 is 11.3 Å². The van der Waals surface area contributed by atoms with Crippen LogP contribution < -0.4 is 0 Å². The molecule has 0 bridgehead atoms. The fraction of sp³-hybridized carbons (Fsp3) is 0.273. The van der Waals surface area contributed by atoms with Gasteiger partial charge in [-0.15, -0.1) is 10.2 Å². The molecule has 0 N–H and O–H groups in total. The van der Waals surface area contributed by atoms with E-state index in [1.807, 2.05) is 12.1 Å². The maximum absolute atomic E-state index is 13.5. The van der Waals surface area contributed by atoms with Gasteiger partial charge in [0.25, 0.3) is 0 Å². The summed E-state index contributed by atoms with van der Waals surface area (Å²) in [5.74, 6) is 0. The second-order valence-corrected chi connectivity index (χ2v) is 8.58. The Bertz CT molecular complexity index is 1260. The van der Waals surface area contributed by atoms with E-state index in [9.17, 15) is 26.3 Å². The summed E-state index contributed by atoms with van der Waals surface area (Å²) in [6.45, 7) is 1.46. The van der Waals surface area contributed by atoms with Gasteiger partial charge in [-0.1, -0.05) is 23.5 Å². The third-order valence-corrected chi connectivity index (χ3v) is 6.17. The molecule has 1 atom stereocenters. The molecule has 3 aromatic heterocycles. The topological polar surface area (TPSA) is 56.5 Å². The summed E-state index contributed by atoms with van der Waals surface area (Å²) in [5.41, 5.74) is -1.51. The molecule has 0 saturated heterocycles. The van der Waals surface area contributed by atoms with Crippen LogP contribution in [0.2, 0.25) is 0 Å². The van der Waals surface area contributed by atoms with Crippen LogP contribution in [0.25, 0.3) is 10.7 Å². The zero-order valence-electron chi connectivity index (χ0n) is 17.6. The molecule has 178 valence electrons. The Morgan fingerprint density at radius 1 is 0.971 bits per heavy atom. The maximum Gasteiger partial charge on any atom is 0.416 e. The van der Waals surface area contributed by atoms with Crippen LogP contribution in [0.15, 0.2) is 55.0 Å². The zero-order valence-corrected chi connectivity index (χ0v) is 18.4. The van der Waals surface area contributed by atoms with Crippen molar-refractivity contribution in [3.05, 3.63) is 82.3 Å². The number of alkyl halides is 6. The van der Waals surface area contributed by atoms with E-state index in [0.29, 0.717) is 29.6 Å². The van der Waals surface area contributed by atoms with Crippen LogP contribution in [0.1, 0.15) is 40.2 Å². The van der Waals surface area contributed by atoms with E-state index in [-0.39, 0.29) is 11.6 Å². The van der Waals surface area contributed by atoms with Gasteiger partial charge in [-0.2, -0.15) is 31.4 Å². The van der Waals surface area contributed by atoms with Crippen LogP contribution in [-0.4, -0.2) is 25.0 Å². The molecule has 0 amide bonds. The Labute approximate surface area is 194 Å². The first-order chi connectivity index (χ1) is 16.0. The van der Waals surface area contributed by atoms with Crippen molar-refractivity contribution in [2.75, 3.05) is 0 Å². The van der Waals surface area contributed by atoms with Crippen molar-refractivity contribution in [3.63, 3.8) is 0 Å². The van der Waals surface area contributed by atoms with Gasteiger partial charge >= 0.3 is 12.4 Å². The average Bonchev–Trinajstić information content (AvgIpc) is 3.46. The fourth-order valence-electron chi connectivity index (χ4n) is 3.40. The Balaban J connectivity index is 1.50. The summed E-state index contributed by atoms with van der Waals surface area (Å²) < 4.78 is 80.7. The zero-order chi connectivity index (χ0) is 24.5. The molecule has 0 fully saturated rings. The Morgan fingerprint density at radius 2 is 1.76 bits per heavy atom. The third-order valence-electron chi connectivity index (χ3n) is 5.17. The number of aromatic nitrogens is 5. The van der Waals surface area contributed by atoms with Crippen LogP contribution in [-0.2, 0) is 25.2 Å². The maximum atomic E-state index is 13.5. The minimum Gasteiger partial charge on any atom is -0.265 e. The predicted octanol–water partition coefficient (Wildman–Crippen LogP) is 6.23. The van der Waals surface area contributed by atoms with Crippen LogP contribution in [0.3, 0.4) is 0 Å². The highest BCUT2D eigenvalue weighted by Crippen LogP contribution is 2.39. The molecule has 0 saturated carbocycles. The van der Waals surface area contributed by atoms with Crippen molar-refractivity contribution >= 4 is 11.3 Å². The van der Waals surface area contributed by atoms with Crippen molar-refractivity contribution in [2.45, 2.75) is 38.2 Å². The molecule has 12 heteroatoms. The Kier molecular flexibility index (Phi) is 6.43. The molecule has 3 heterocycles. The van der Waals surface area contributed by atoms with E-state index in [4.69, 9.17) is 0 Å². The lowest BCUT2D eigenvalue weighted by Gasteiger charge is -2.20. The summed E-state index contributed by atoms with van der Waals surface area (Å²) in [7, 11) is 0. The summed E-state index contributed by atoms with van der Waals surface area (Å²) >= 11 is 1.39. The number of rotatable bonds is 6. The molecular formula is C22H17F6N5S. The molecular weight excluding hydrogens is 480 g/mol. The van der Waals surface area contributed by atoms with Gasteiger partial charge in [0.1, 0.15) is 10.7 Å². The van der Waals surface area contributed by atoms with Crippen LogP contribution in [0, 0.1) is 0 Å². The van der Waals surface area contributed by atoms with Gasteiger partial charge in [-0.25, -0.2) is 0 Å². The van der Waals surface area contributed by atoms with Gasteiger partial charge in [0, 0.05) is 18.8 Å². The van der Waals surface area contributed by atoms with E-state index in [1.165, 1.54) is 29.1 Å².